The van der Waals surface area contributed by atoms with Crippen molar-refractivity contribution in [3.8, 4) is 0 Å². The van der Waals surface area contributed by atoms with Gasteiger partial charge in [0, 0.05) is 25.2 Å². The average molecular weight is 324 g/mol. The Morgan fingerprint density at radius 2 is 1.62 bits per heavy atom. The Morgan fingerprint density at radius 3 is 2.21 bits per heavy atom. The Balaban J connectivity index is 1.51. The molecule has 0 saturated carbocycles. The third kappa shape index (κ3) is 3.03. The largest absolute Gasteiger partial charge is 0.352 e. The smallest absolute Gasteiger partial charge is 0.261 e. The van der Waals surface area contributed by atoms with Gasteiger partial charge in [0.2, 0.25) is 0 Å². The van der Waals surface area contributed by atoms with Crippen LogP contribution in [0, 0.1) is 0 Å². The lowest BCUT2D eigenvalue weighted by Crippen LogP contribution is -2.34. The van der Waals surface area contributed by atoms with Crippen molar-refractivity contribution in [1.82, 2.24) is 10.2 Å². The van der Waals surface area contributed by atoms with E-state index in [1.54, 1.807) is 48.8 Å². The third-order valence-electron chi connectivity index (χ3n) is 3.96. The van der Waals surface area contributed by atoms with Crippen LogP contribution in [0.25, 0.3) is 0 Å². The second-order valence-electron chi connectivity index (χ2n) is 5.67. The summed E-state index contributed by atoms with van der Waals surface area (Å²) in [7, 11) is 1.88. The molecule has 24 heavy (non-hydrogen) atoms. The molecular formula is C18H18N3O3+. The molecule has 0 unspecified atom stereocenters. The molecule has 2 heterocycles. The number of rotatable bonds is 5. The predicted octanol–water partition coefficient (Wildman–Crippen LogP) is 0.927. The number of benzene rings is 1. The topological polar surface area (TPSA) is 70.4 Å². The lowest BCUT2D eigenvalue weighted by atomic mass is 10.1. The van der Waals surface area contributed by atoms with E-state index in [2.05, 4.69) is 5.32 Å². The summed E-state index contributed by atoms with van der Waals surface area (Å²) in [6.07, 6.45) is 4.11. The van der Waals surface area contributed by atoms with Crippen molar-refractivity contribution in [2.45, 2.75) is 6.42 Å². The molecule has 0 radical (unpaired) electrons. The van der Waals surface area contributed by atoms with Crippen molar-refractivity contribution < 1.29 is 19.0 Å². The summed E-state index contributed by atoms with van der Waals surface area (Å²) in [4.78, 5) is 37.6. The van der Waals surface area contributed by atoms with Crippen LogP contribution in [-0.2, 0) is 7.05 Å². The maximum Gasteiger partial charge on any atom is 0.261 e. The second kappa shape index (κ2) is 6.62. The molecule has 1 aromatic carbocycles. The Labute approximate surface area is 139 Å². The van der Waals surface area contributed by atoms with Crippen molar-refractivity contribution in [2.24, 2.45) is 7.05 Å². The number of nitrogens with one attached hydrogen (secondary N) is 1. The first-order valence-electron chi connectivity index (χ1n) is 7.76. The van der Waals surface area contributed by atoms with Crippen LogP contribution in [0.15, 0.2) is 48.8 Å². The molecule has 0 spiro atoms. The molecule has 1 aromatic heterocycles. The zero-order chi connectivity index (χ0) is 17.1. The van der Waals surface area contributed by atoms with E-state index in [9.17, 15) is 14.4 Å². The van der Waals surface area contributed by atoms with E-state index in [0.29, 0.717) is 29.7 Å². The summed E-state index contributed by atoms with van der Waals surface area (Å²) >= 11 is 0. The van der Waals surface area contributed by atoms with Crippen LogP contribution in [0.3, 0.4) is 0 Å². The first-order chi connectivity index (χ1) is 11.6. The highest BCUT2D eigenvalue weighted by Crippen LogP contribution is 2.22. The Bertz CT molecular complexity index is 764. The maximum absolute atomic E-state index is 12.2. The van der Waals surface area contributed by atoms with Gasteiger partial charge in [-0.1, -0.05) is 12.1 Å². The van der Waals surface area contributed by atoms with E-state index in [-0.39, 0.29) is 24.3 Å². The van der Waals surface area contributed by atoms with E-state index in [4.69, 9.17) is 0 Å². The van der Waals surface area contributed by atoms with E-state index in [1.165, 1.54) is 4.90 Å². The molecule has 0 atom stereocenters. The van der Waals surface area contributed by atoms with Crippen LogP contribution in [0.5, 0.6) is 0 Å². The van der Waals surface area contributed by atoms with Crippen molar-refractivity contribution in [1.29, 1.82) is 0 Å². The highest BCUT2D eigenvalue weighted by atomic mass is 16.2. The van der Waals surface area contributed by atoms with E-state index >= 15 is 0 Å². The zero-order valence-electron chi connectivity index (χ0n) is 13.4. The van der Waals surface area contributed by atoms with Gasteiger partial charge in [0.05, 0.1) is 16.7 Å². The standard InChI is InChI=1S/C18H17N3O3/c1-20-11-7-13(8-12-20)16(22)19-9-4-10-21-17(23)14-5-2-3-6-15(14)18(21)24/h2-3,5-8,11-12H,4,9-10H2,1H3/p+1. The molecule has 0 bridgehead atoms. The van der Waals surface area contributed by atoms with Gasteiger partial charge >= 0.3 is 0 Å². The number of aromatic nitrogens is 1. The fourth-order valence-corrected chi connectivity index (χ4v) is 2.64. The Kier molecular flexibility index (Phi) is 4.37. The minimum absolute atomic E-state index is 0.169. The molecule has 3 amide bonds. The minimum Gasteiger partial charge on any atom is -0.352 e. The molecule has 1 aliphatic rings. The fourth-order valence-electron chi connectivity index (χ4n) is 2.64. The van der Waals surface area contributed by atoms with Crippen molar-refractivity contribution in [2.75, 3.05) is 13.1 Å². The first-order valence-corrected chi connectivity index (χ1v) is 7.76. The molecular weight excluding hydrogens is 306 g/mol. The summed E-state index contributed by atoms with van der Waals surface area (Å²) < 4.78 is 1.85. The van der Waals surface area contributed by atoms with Gasteiger partial charge in [-0.3, -0.25) is 19.3 Å². The molecule has 3 rings (SSSR count). The number of amides is 3. The van der Waals surface area contributed by atoms with Gasteiger partial charge in [-0.15, -0.1) is 0 Å². The molecule has 0 aliphatic carbocycles. The average Bonchev–Trinajstić information content (AvgIpc) is 2.84. The van der Waals surface area contributed by atoms with Crippen molar-refractivity contribution >= 4 is 17.7 Å². The van der Waals surface area contributed by atoms with Gasteiger partial charge in [0.1, 0.15) is 7.05 Å². The number of hydrogen-bond donors (Lipinski definition) is 1. The Morgan fingerprint density at radius 1 is 1.04 bits per heavy atom. The number of carbonyl (C=O) groups excluding carboxylic acids is 3. The number of imide groups is 1. The van der Waals surface area contributed by atoms with E-state index in [1.807, 2.05) is 11.6 Å². The van der Waals surface area contributed by atoms with Crippen molar-refractivity contribution in [3.63, 3.8) is 0 Å². The normalized spacial score (nSPS) is 13.1. The van der Waals surface area contributed by atoms with Gasteiger partial charge in [0.25, 0.3) is 17.7 Å². The van der Waals surface area contributed by atoms with Crippen molar-refractivity contribution in [3.05, 3.63) is 65.5 Å². The van der Waals surface area contributed by atoms with Crippen LogP contribution in [0.2, 0.25) is 0 Å². The summed E-state index contributed by atoms with van der Waals surface area (Å²) in [5, 5.41) is 2.80. The second-order valence-corrected chi connectivity index (χ2v) is 5.67. The van der Waals surface area contributed by atoms with E-state index in [0.717, 1.165) is 0 Å². The van der Waals surface area contributed by atoms with E-state index < -0.39 is 0 Å². The van der Waals surface area contributed by atoms with Gasteiger partial charge in [-0.05, 0) is 18.6 Å². The van der Waals surface area contributed by atoms with Crippen LogP contribution in [0.4, 0.5) is 0 Å². The molecule has 1 aliphatic heterocycles. The number of aryl methyl sites for hydroxylation is 1. The number of pyridine rings is 1. The predicted molar refractivity (Wildman–Crippen MR) is 86.4 cm³/mol. The first kappa shape index (κ1) is 15.9. The molecule has 2 aromatic rings. The number of fused-ring (bicyclic) bond motifs is 1. The third-order valence-corrected chi connectivity index (χ3v) is 3.96. The van der Waals surface area contributed by atoms with Crippen LogP contribution < -0.4 is 9.88 Å². The van der Waals surface area contributed by atoms with Crippen LogP contribution in [-0.4, -0.2) is 35.7 Å². The maximum atomic E-state index is 12.2. The highest BCUT2D eigenvalue weighted by molar-refractivity contribution is 6.21. The number of carbonyl (C=O) groups is 3. The monoisotopic (exact) mass is 324 g/mol. The molecule has 0 saturated heterocycles. The van der Waals surface area contributed by atoms with Gasteiger partial charge < -0.3 is 5.32 Å². The van der Waals surface area contributed by atoms with Crippen LogP contribution in [0.1, 0.15) is 37.5 Å². The lowest BCUT2D eigenvalue weighted by molar-refractivity contribution is -0.671. The Hall–Kier alpha value is -3.02. The summed E-state index contributed by atoms with van der Waals surface area (Å²) in [5.41, 5.74) is 1.47. The summed E-state index contributed by atoms with van der Waals surface area (Å²) in [6, 6.07) is 10.3. The lowest BCUT2D eigenvalue weighted by Gasteiger charge is -2.13. The number of nitrogens with zero attached hydrogens (tertiary/aromatic N) is 2. The molecule has 6 heteroatoms. The van der Waals surface area contributed by atoms with Crippen LogP contribution >= 0.6 is 0 Å². The molecule has 122 valence electrons. The SMILES string of the molecule is C[n+]1ccc(C(=O)NCCCN2C(=O)c3ccccc3C2=O)cc1. The quantitative estimate of drug-likeness (QED) is 0.505. The number of hydrogen-bond acceptors (Lipinski definition) is 3. The molecule has 0 fully saturated rings. The fraction of sp³-hybridized carbons (Fsp3) is 0.222. The highest BCUT2D eigenvalue weighted by Gasteiger charge is 2.34. The van der Waals surface area contributed by atoms with Gasteiger partial charge in [0.15, 0.2) is 12.4 Å². The summed E-state index contributed by atoms with van der Waals surface area (Å²) in [6.45, 7) is 0.684. The van der Waals surface area contributed by atoms with Gasteiger partial charge in [-0.25, -0.2) is 4.57 Å². The molecule has 1 N–H and O–H groups in total. The van der Waals surface area contributed by atoms with Gasteiger partial charge in [-0.2, -0.15) is 0 Å². The minimum atomic E-state index is -0.266. The molecule has 6 nitrogen and oxygen atoms in total. The summed E-state index contributed by atoms with van der Waals surface area (Å²) in [5.74, 6) is -0.701. The zero-order valence-corrected chi connectivity index (χ0v) is 13.4.